The predicted molar refractivity (Wildman–Crippen MR) is 124 cm³/mol. The summed E-state index contributed by atoms with van der Waals surface area (Å²) in [5.41, 5.74) is 2.78. The lowest BCUT2D eigenvalue weighted by Gasteiger charge is -2.13. The molecular formula is C25H19N3O2S. The monoisotopic (exact) mass is 425 g/mol. The number of aromatic nitrogens is 1. The zero-order valence-corrected chi connectivity index (χ0v) is 17.4. The maximum absolute atomic E-state index is 13.3. The number of carbonyl (C=O) groups excluding carboxylic acids is 1. The van der Waals surface area contributed by atoms with Gasteiger partial charge in [0.05, 0.1) is 23.4 Å². The highest BCUT2D eigenvalue weighted by Crippen LogP contribution is 2.35. The number of furan rings is 1. The molecule has 0 aliphatic carbocycles. The summed E-state index contributed by atoms with van der Waals surface area (Å²) in [6.07, 6.45) is 5.52. The van der Waals surface area contributed by atoms with Crippen LogP contribution in [0.25, 0.3) is 11.8 Å². The molecule has 0 N–H and O–H groups in total. The Kier molecular flexibility index (Phi) is 5.29. The molecule has 1 amide bonds. The topological polar surface area (TPSA) is 50.7 Å². The van der Waals surface area contributed by atoms with Crippen molar-refractivity contribution in [2.45, 2.75) is 6.54 Å². The second-order valence-electron chi connectivity index (χ2n) is 6.95. The lowest BCUT2D eigenvalue weighted by molar-refractivity contribution is -0.122. The number of hydrogen-bond acceptors (Lipinski definition) is 4. The van der Waals surface area contributed by atoms with Crippen molar-refractivity contribution in [3.63, 3.8) is 0 Å². The third-order valence-corrected chi connectivity index (χ3v) is 5.86. The second-order valence-corrected chi connectivity index (χ2v) is 7.96. The van der Waals surface area contributed by atoms with Gasteiger partial charge in [0.15, 0.2) is 5.17 Å². The highest BCUT2D eigenvalue weighted by atomic mass is 32.2. The third-order valence-electron chi connectivity index (χ3n) is 4.86. The van der Waals surface area contributed by atoms with Gasteiger partial charge in [0, 0.05) is 17.6 Å². The van der Waals surface area contributed by atoms with Crippen molar-refractivity contribution in [1.82, 2.24) is 9.47 Å². The summed E-state index contributed by atoms with van der Waals surface area (Å²) in [6, 6.07) is 27.4. The first-order chi connectivity index (χ1) is 15.3. The van der Waals surface area contributed by atoms with Gasteiger partial charge in [-0.1, -0.05) is 36.4 Å². The van der Waals surface area contributed by atoms with Crippen molar-refractivity contribution in [2.75, 3.05) is 0 Å². The van der Waals surface area contributed by atoms with Crippen molar-refractivity contribution in [2.24, 2.45) is 4.99 Å². The molecule has 0 atom stereocenters. The fourth-order valence-corrected chi connectivity index (χ4v) is 4.35. The van der Waals surface area contributed by atoms with E-state index in [2.05, 4.69) is 4.57 Å². The van der Waals surface area contributed by atoms with E-state index in [0.717, 1.165) is 17.1 Å². The molecule has 1 saturated heterocycles. The van der Waals surface area contributed by atoms with Gasteiger partial charge < -0.3 is 8.98 Å². The van der Waals surface area contributed by atoms with Crippen LogP contribution < -0.4 is 0 Å². The number of nitrogens with zero attached hydrogens (tertiary/aromatic N) is 3. The average Bonchev–Trinajstić information content (AvgIpc) is 3.54. The largest absolute Gasteiger partial charge is 0.467 e. The number of benzene rings is 2. The Hall–Kier alpha value is -3.77. The van der Waals surface area contributed by atoms with Crippen molar-refractivity contribution in [3.05, 3.63) is 114 Å². The molecule has 0 radical (unpaired) electrons. The van der Waals surface area contributed by atoms with E-state index in [1.165, 1.54) is 11.8 Å². The van der Waals surface area contributed by atoms with Crippen LogP contribution in [0.1, 0.15) is 11.5 Å². The third kappa shape index (κ3) is 4.11. The van der Waals surface area contributed by atoms with Gasteiger partial charge in [-0.2, -0.15) is 0 Å². The van der Waals surface area contributed by atoms with E-state index in [4.69, 9.17) is 9.41 Å². The first-order valence-electron chi connectivity index (χ1n) is 9.88. The number of rotatable bonds is 5. The molecule has 1 aliphatic heterocycles. The summed E-state index contributed by atoms with van der Waals surface area (Å²) in [6.45, 7) is 0.335. The van der Waals surface area contributed by atoms with Crippen LogP contribution in [-0.4, -0.2) is 20.5 Å². The van der Waals surface area contributed by atoms with Crippen LogP contribution in [0.2, 0.25) is 0 Å². The van der Waals surface area contributed by atoms with E-state index >= 15 is 0 Å². The normalized spacial score (nSPS) is 16.5. The van der Waals surface area contributed by atoms with E-state index in [0.29, 0.717) is 22.4 Å². The number of hydrogen-bond donors (Lipinski definition) is 0. The predicted octanol–water partition coefficient (Wildman–Crippen LogP) is 5.87. The van der Waals surface area contributed by atoms with E-state index in [-0.39, 0.29) is 5.91 Å². The Bertz CT molecular complexity index is 1240. The molecular weight excluding hydrogens is 406 g/mol. The number of amidine groups is 1. The quantitative estimate of drug-likeness (QED) is 0.376. The van der Waals surface area contributed by atoms with E-state index < -0.39 is 0 Å². The summed E-state index contributed by atoms with van der Waals surface area (Å²) in [5, 5.41) is 0.636. The molecule has 6 heteroatoms. The summed E-state index contributed by atoms with van der Waals surface area (Å²) >= 11 is 1.38. The Balaban J connectivity index is 1.51. The number of aliphatic imine (C=N–C) groups is 1. The molecule has 2 aromatic carbocycles. The minimum absolute atomic E-state index is 0.0862. The molecule has 4 aromatic rings. The first kappa shape index (κ1) is 19.2. The Morgan fingerprint density at radius 1 is 0.903 bits per heavy atom. The van der Waals surface area contributed by atoms with E-state index in [1.807, 2.05) is 97.2 Å². The summed E-state index contributed by atoms with van der Waals surface area (Å²) < 4.78 is 7.54. The van der Waals surface area contributed by atoms with E-state index in [9.17, 15) is 4.79 Å². The van der Waals surface area contributed by atoms with E-state index in [1.54, 1.807) is 11.2 Å². The maximum atomic E-state index is 13.3. The molecule has 1 fully saturated rings. The number of amides is 1. The molecule has 31 heavy (non-hydrogen) atoms. The van der Waals surface area contributed by atoms with Gasteiger partial charge in [0.1, 0.15) is 5.76 Å². The van der Waals surface area contributed by atoms with Gasteiger partial charge in [0.25, 0.3) is 5.91 Å². The summed E-state index contributed by atoms with van der Waals surface area (Å²) in [7, 11) is 0. The molecule has 2 aromatic heterocycles. The van der Waals surface area contributed by atoms with Crippen molar-refractivity contribution >= 4 is 34.6 Å². The van der Waals surface area contributed by atoms with Crippen molar-refractivity contribution in [3.8, 4) is 5.69 Å². The van der Waals surface area contributed by atoms with Gasteiger partial charge in [-0.25, -0.2) is 4.99 Å². The van der Waals surface area contributed by atoms with Crippen LogP contribution in [0.4, 0.5) is 5.69 Å². The maximum Gasteiger partial charge on any atom is 0.267 e. The Labute approximate surface area is 184 Å². The summed E-state index contributed by atoms with van der Waals surface area (Å²) in [5.74, 6) is 0.625. The number of carbonyl (C=O) groups is 1. The van der Waals surface area contributed by atoms with Crippen molar-refractivity contribution in [1.29, 1.82) is 0 Å². The summed E-state index contributed by atoms with van der Waals surface area (Å²) in [4.78, 5) is 20.3. The lowest BCUT2D eigenvalue weighted by Crippen LogP contribution is -2.28. The van der Waals surface area contributed by atoms with Crippen LogP contribution >= 0.6 is 11.8 Å². The standard InChI is InChI=1S/C25H19N3O2S/c29-24-23(17-21-13-7-15-27(21)20-11-5-2-6-12-20)31-25(26-19-9-3-1-4-10-19)28(24)18-22-14-8-16-30-22/h1-17H,18H2/b23-17+,26-25?. The molecule has 0 saturated carbocycles. The molecule has 152 valence electrons. The van der Waals surface area contributed by atoms with Crippen LogP contribution in [0.15, 0.2) is 112 Å². The van der Waals surface area contributed by atoms with Crippen molar-refractivity contribution < 1.29 is 9.21 Å². The van der Waals surface area contributed by atoms with Gasteiger partial charge in [0.2, 0.25) is 0 Å². The molecule has 3 heterocycles. The molecule has 5 rings (SSSR count). The fourth-order valence-electron chi connectivity index (χ4n) is 3.37. The average molecular weight is 426 g/mol. The molecule has 5 nitrogen and oxygen atoms in total. The number of para-hydroxylation sites is 2. The molecule has 1 aliphatic rings. The van der Waals surface area contributed by atoms with Gasteiger partial charge >= 0.3 is 0 Å². The second kappa shape index (κ2) is 8.53. The molecule has 0 unspecified atom stereocenters. The van der Waals surface area contributed by atoms with Crippen LogP contribution in [0, 0.1) is 0 Å². The van der Waals surface area contributed by atoms with Crippen LogP contribution in [0.5, 0.6) is 0 Å². The SMILES string of the molecule is O=C1/C(=C\c2cccn2-c2ccccc2)SC(=Nc2ccccc2)N1Cc1ccco1. The first-order valence-corrected chi connectivity index (χ1v) is 10.7. The molecule has 0 bridgehead atoms. The smallest absolute Gasteiger partial charge is 0.267 e. The van der Waals surface area contributed by atoms with Crippen LogP contribution in [0.3, 0.4) is 0 Å². The zero-order valence-electron chi connectivity index (χ0n) is 16.6. The minimum atomic E-state index is -0.0862. The van der Waals surface area contributed by atoms with Crippen LogP contribution in [-0.2, 0) is 11.3 Å². The highest BCUT2D eigenvalue weighted by molar-refractivity contribution is 8.18. The highest BCUT2D eigenvalue weighted by Gasteiger charge is 2.34. The van der Waals surface area contributed by atoms with Gasteiger partial charge in [-0.05, 0) is 66.4 Å². The van der Waals surface area contributed by atoms with Gasteiger partial charge in [-0.15, -0.1) is 0 Å². The fraction of sp³-hybridized carbons (Fsp3) is 0.0400. The number of thioether (sulfide) groups is 1. The Morgan fingerprint density at radius 3 is 2.42 bits per heavy atom. The minimum Gasteiger partial charge on any atom is -0.467 e. The lowest BCUT2D eigenvalue weighted by atomic mass is 10.3. The van der Waals surface area contributed by atoms with Gasteiger partial charge in [-0.3, -0.25) is 9.69 Å². The molecule has 0 spiro atoms. The Morgan fingerprint density at radius 2 is 1.68 bits per heavy atom. The zero-order chi connectivity index (χ0) is 21.0.